The van der Waals surface area contributed by atoms with E-state index in [1.165, 1.54) is 0 Å². The maximum atomic E-state index is 13.1. The molecule has 1 fully saturated rings. The fourth-order valence-corrected chi connectivity index (χ4v) is 3.67. The molecule has 2 aromatic rings. The summed E-state index contributed by atoms with van der Waals surface area (Å²) >= 11 is 0. The topological polar surface area (TPSA) is 70.9 Å². The number of anilines is 1. The first-order valence-electron chi connectivity index (χ1n) is 9.27. The predicted molar refractivity (Wildman–Crippen MR) is 103 cm³/mol. The quantitative estimate of drug-likeness (QED) is 0.833. The highest BCUT2D eigenvalue weighted by Gasteiger charge is 2.35. The van der Waals surface area contributed by atoms with Crippen molar-refractivity contribution in [1.29, 1.82) is 0 Å². The summed E-state index contributed by atoms with van der Waals surface area (Å²) in [6.07, 6.45) is 7.51. The SMILES string of the molecule is COc1cnc(N2CCC(C(=O)N3N=CCC3c3ccccc3)CC2)nc1. The van der Waals surface area contributed by atoms with Gasteiger partial charge >= 0.3 is 0 Å². The van der Waals surface area contributed by atoms with E-state index in [2.05, 4.69) is 32.1 Å². The minimum absolute atomic E-state index is 0.0130. The highest BCUT2D eigenvalue weighted by molar-refractivity contribution is 5.82. The zero-order chi connectivity index (χ0) is 18.6. The summed E-state index contributed by atoms with van der Waals surface area (Å²) in [5, 5.41) is 6.05. The molecule has 0 spiro atoms. The van der Waals surface area contributed by atoms with E-state index in [1.807, 2.05) is 24.4 Å². The molecular weight excluding hydrogens is 342 g/mol. The third-order valence-electron chi connectivity index (χ3n) is 5.22. The van der Waals surface area contributed by atoms with Gasteiger partial charge in [0.05, 0.1) is 25.5 Å². The van der Waals surface area contributed by atoms with Gasteiger partial charge in [0, 0.05) is 31.6 Å². The largest absolute Gasteiger partial charge is 0.494 e. The smallest absolute Gasteiger partial charge is 0.246 e. The summed E-state index contributed by atoms with van der Waals surface area (Å²) in [6, 6.07) is 10.1. The van der Waals surface area contributed by atoms with Crippen LogP contribution in [-0.4, -0.2) is 47.3 Å². The van der Waals surface area contributed by atoms with Crippen LogP contribution >= 0.6 is 0 Å². The third kappa shape index (κ3) is 3.63. The lowest BCUT2D eigenvalue weighted by molar-refractivity contribution is -0.138. The Morgan fingerprint density at radius 1 is 1.11 bits per heavy atom. The van der Waals surface area contributed by atoms with Gasteiger partial charge in [-0.1, -0.05) is 30.3 Å². The number of hydrazone groups is 1. The molecule has 0 N–H and O–H groups in total. The predicted octanol–water partition coefficient (Wildman–Crippen LogP) is 2.66. The Labute approximate surface area is 158 Å². The van der Waals surface area contributed by atoms with Crippen LogP contribution in [0.4, 0.5) is 5.95 Å². The maximum Gasteiger partial charge on any atom is 0.246 e. The average molecular weight is 365 g/mol. The molecule has 7 nitrogen and oxygen atoms in total. The number of benzene rings is 1. The number of rotatable bonds is 4. The van der Waals surface area contributed by atoms with E-state index in [0.29, 0.717) is 11.7 Å². The fraction of sp³-hybridized carbons (Fsp3) is 0.400. The highest BCUT2D eigenvalue weighted by Crippen LogP contribution is 2.32. The zero-order valence-electron chi connectivity index (χ0n) is 15.4. The maximum absolute atomic E-state index is 13.1. The molecule has 140 valence electrons. The Bertz CT molecular complexity index is 801. The fourth-order valence-electron chi connectivity index (χ4n) is 3.67. The summed E-state index contributed by atoms with van der Waals surface area (Å²) in [5.41, 5.74) is 1.13. The molecule has 0 radical (unpaired) electrons. The Morgan fingerprint density at radius 2 is 1.81 bits per heavy atom. The van der Waals surface area contributed by atoms with Crippen molar-refractivity contribution in [3.8, 4) is 5.75 Å². The van der Waals surface area contributed by atoms with Crippen LogP contribution in [0.25, 0.3) is 0 Å². The van der Waals surface area contributed by atoms with Crippen LogP contribution in [0, 0.1) is 5.92 Å². The van der Waals surface area contributed by atoms with Gasteiger partial charge in [0.25, 0.3) is 0 Å². The first-order valence-corrected chi connectivity index (χ1v) is 9.27. The standard InChI is InChI=1S/C20H23N5O2/c1-27-17-13-21-20(22-14-17)24-11-8-16(9-12-24)19(26)25-18(7-10-23-25)15-5-3-2-4-6-15/h2-6,10,13-14,16,18H,7-9,11-12H2,1H3. The zero-order valence-corrected chi connectivity index (χ0v) is 15.4. The van der Waals surface area contributed by atoms with Crippen LogP contribution in [0.2, 0.25) is 0 Å². The monoisotopic (exact) mass is 365 g/mol. The van der Waals surface area contributed by atoms with E-state index in [9.17, 15) is 4.79 Å². The van der Waals surface area contributed by atoms with Crippen LogP contribution < -0.4 is 9.64 Å². The molecule has 0 bridgehead atoms. The van der Waals surface area contributed by atoms with Crippen molar-refractivity contribution in [3.05, 3.63) is 48.3 Å². The first-order chi connectivity index (χ1) is 13.3. The van der Waals surface area contributed by atoms with E-state index in [4.69, 9.17) is 4.74 Å². The molecule has 1 aromatic heterocycles. The van der Waals surface area contributed by atoms with E-state index < -0.39 is 0 Å². The van der Waals surface area contributed by atoms with Gasteiger partial charge < -0.3 is 9.64 Å². The van der Waals surface area contributed by atoms with E-state index in [0.717, 1.165) is 37.9 Å². The van der Waals surface area contributed by atoms with Crippen LogP contribution in [-0.2, 0) is 4.79 Å². The highest BCUT2D eigenvalue weighted by atomic mass is 16.5. The summed E-state index contributed by atoms with van der Waals surface area (Å²) in [5.74, 6) is 1.43. The molecule has 7 heteroatoms. The van der Waals surface area contributed by atoms with E-state index >= 15 is 0 Å². The van der Waals surface area contributed by atoms with Gasteiger partial charge in [-0.2, -0.15) is 5.10 Å². The number of carbonyl (C=O) groups is 1. The van der Waals surface area contributed by atoms with Gasteiger partial charge in [0.2, 0.25) is 11.9 Å². The van der Waals surface area contributed by atoms with Crippen molar-refractivity contribution in [2.45, 2.75) is 25.3 Å². The minimum Gasteiger partial charge on any atom is -0.494 e. The molecule has 1 saturated heterocycles. The first kappa shape index (κ1) is 17.5. The number of aromatic nitrogens is 2. The Balaban J connectivity index is 1.38. The lowest BCUT2D eigenvalue weighted by Crippen LogP contribution is -2.41. The number of methoxy groups -OCH3 is 1. The van der Waals surface area contributed by atoms with Crippen molar-refractivity contribution < 1.29 is 9.53 Å². The molecular formula is C20H23N5O2. The third-order valence-corrected chi connectivity index (χ3v) is 5.22. The average Bonchev–Trinajstić information content (AvgIpc) is 3.24. The van der Waals surface area contributed by atoms with Crippen molar-refractivity contribution in [3.63, 3.8) is 0 Å². The van der Waals surface area contributed by atoms with Gasteiger partial charge in [-0.3, -0.25) is 4.79 Å². The molecule has 1 unspecified atom stereocenters. The van der Waals surface area contributed by atoms with Gasteiger partial charge in [-0.15, -0.1) is 0 Å². The second kappa shape index (κ2) is 7.73. The van der Waals surface area contributed by atoms with Crippen molar-refractivity contribution in [2.24, 2.45) is 11.0 Å². The molecule has 2 aliphatic rings. The number of hydrogen-bond acceptors (Lipinski definition) is 6. The van der Waals surface area contributed by atoms with Gasteiger partial charge in [0.1, 0.15) is 0 Å². The number of hydrogen-bond donors (Lipinski definition) is 0. The Morgan fingerprint density at radius 3 is 2.48 bits per heavy atom. The molecule has 27 heavy (non-hydrogen) atoms. The van der Waals surface area contributed by atoms with E-state index in [1.54, 1.807) is 24.5 Å². The summed E-state index contributed by atoms with van der Waals surface area (Å²) in [7, 11) is 1.60. The van der Waals surface area contributed by atoms with Gasteiger partial charge in [-0.25, -0.2) is 15.0 Å². The number of amides is 1. The normalized spacial score (nSPS) is 20.1. The number of ether oxygens (including phenoxy) is 1. The summed E-state index contributed by atoms with van der Waals surface area (Å²) in [6.45, 7) is 1.52. The van der Waals surface area contributed by atoms with Gasteiger partial charge in [0.15, 0.2) is 5.75 Å². The van der Waals surface area contributed by atoms with Crippen molar-refractivity contribution >= 4 is 18.1 Å². The van der Waals surface area contributed by atoms with Crippen LogP contribution in [0.15, 0.2) is 47.8 Å². The molecule has 4 rings (SSSR count). The molecule has 3 heterocycles. The van der Waals surface area contributed by atoms with E-state index in [-0.39, 0.29) is 17.9 Å². The summed E-state index contributed by atoms with van der Waals surface area (Å²) < 4.78 is 5.10. The minimum atomic E-state index is -0.0130. The molecule has 1 atom stereocenters. The Hall–Kier alpha value is -2.96. The van der Waals surface area contributed by atoms with Crippen molar-refractivity contribution in [2.75, 3.05) is 25.1 Å². The molecule has 0 saturated carbocycles. The second-order valence-corrected chi connectivity index (χ2v) is 6.83. The second-order valence-electron chi connectivity index (χ2n) is 6.83. The number of carbonyl (C=O) groups excluding carboxylic acids is 1. The number of nitrogens with zero attached hydrogens (tertiary/aromatic N) is 5. The van der Waals surface area contributed by atoms with Gasteiger partial charge in [-0.05, 0) is 18.4 Å². The van der Waals surface area contributed by atoms with Crippen LogP contribution in [0.3, 0.4) is 0 Å². The number of piperidine rings is 1. The molecule has 2 aliphatic heterocycles. The lowest BCUT2D eigenvalue weighted by Gasteiger charge is -2.33. The Kier molecular flexibility index (Phi) is 5.00. The molecule has 0 aliphatic carbocycles. The molecule has 1 aromatic carbocycles. The van der Waals surface area contributed by atoms with Crippen molar-refractivity contribution in [1.82, 2.24) is 15.0 Å². The summed E-state index contributed by atoms with van der Waals surface area (Å²) in [4.78, 5) is 23.9. The lowest BCUT2D eigenvalue weighted by atomic mass is 9.94. The van der Waals surface area contributed by atoms with Crippen LogP contribution in [0.1, 0.15) is 30.9 Å². The van der Waals surface area contributed by atoms with Crippen LogP contribution in [0.5, 0.6) is 5.75 Å². The molecule has 1 amide bonds.